The summed E-state index contributed by atoms with van der Waals surface area (Å²) in [6.45, 7) is 3.90. The quantitative estimate of drug-likeness (QED) is 0.149. The topological polar surface area (TPSA) is 0 Å². The molecule has 0 aliphatic rings. The Bertz CT molecular complexity index is 1390. The maximum atomic E-state index is 6.72. The minimum Gasteiger partial charge on any atom is -0.103 e. The average molecular weight is 430 g/mol. The Hall–Kier alpha value is -1.70. The minimum absolute atomic E-state index is 0.431. The second-order valence-corrected chi connectivity index (χ2v) is 8.19. The lowest BCUT2D eigenvalue weighted by Crippen LogP contribution is -1.95. The van der Waals surface area contributed by atoms with E-state index < -0.39 is 0 Å². The fourth-order valence-corrected chi connectivity index (χ4v) is 5.28. The van der Waals surface area contributed by atoms with Gasteiger partial charge in [-0.25, -0.2) is 0 Å². The fraction of sp³-hybridized carbons (Fsp3) is 0.0435. The smallest absolute Gasteiger partial charge is 0.0689 e. The Kier molecular flexibility index (Phi) is 3.97. The van der Waals surface area contributed by atoms with Gasteiger partial charge in [-0.1, -0.05) is 88.9 Å². The number of allylic oxidation sites excluding steroid dienone is 1. The van der Waals surface area contributed by atoms with Crippen LogP contribution in [0.1, 0.15) is 5.56 Å². The zero-order valence-corrected chi connectivity index (χ0v) is 17.1. The molecule has 0 heterocycles. The van der Waals surface area contributed by atoms with E-state index in [1.54, 1.807) is 0 Å². The van der Waals surface area contributed by atoms with Gasteiger partial charge >= 0.3 is 0 Å². The summed E-state index contributed by atoms with van der Waals surface area (Å²) in [5.41, 5.74) is 0.964. The van der Waals surface area contributed by atoms with Crippen molar-refractivity contribution in [1.82, 2.24) is 0 Å². The first-order chi connectivity index (χ1) is 13.0. The molecule has 0 bridgehead atoms. The third-order valence-corrected chi connectivity index (χ3v) is 6.94. The van der Waals surface area contributed by atoms with Gasteiger partial charge in [-0.15, -0.1) is 6.58 Å². The molecule has 0 fully saturated rings. The molecule has 0 saturated carbocycles. The van der Waals surface area contributed by atoms with E-state index in [1.165, 1.54) is 10.8 Å². The first-order valence-electron chi connectivity index (χ1n) is 8.49. The van der Waals surface area contributed by atoms with Gasteiger partial charge in [-0.3, -0.25) is 0 Å². The van der Waals surface area contributed by atoms with Gasteiger partial charge < -0.3 is 0 Å². The van der Waals surface area contributed by atoms with Crippen molar-refractivity contribution in [1.29, 1.82) is 0 Å². The lowest BCUT2D eigenvalue weighted by molar-refractivity contribution is 1.32. The van der Waals surface area contributed by atoms with Crippen LogP contribution in [-0.2, 0) is 6.42 Å². The first kappa shape index (κ1) is 17.4. The molecule has 0 unspecified atom stereocenters. The molecule has 5 rings (SSSR count). The van der Waals surface area contributed by atoms with Crippen LogP contribution in [0.4, 0.5) is 0 Å². The molecule has 132 valence electrons. The predicted molar refractivity (Wildman–Crippen MR) is 122 cm³/mol. The van der Waals surface area contributed by atoms with Crippen LogP contribution in [0.2, 0.25) is 20.1 Å². The number of fused-ring (bicyclic) bond motifs is 2. The summed E-state index contributed by atoms with van der Waals surface area (Å²) in [6.07, 6.45) is 2.46. The third-order valence-electron chi connectivity index (χ3n) is 5.26. The van der Waals surface area contributed by atoms with E-state index in [-0.39, 0.29) is 0 Å². The highest BCUT2D eigenvalue weighted by Gasteiger charge is 2.23. The molecule has 0 radical (unpaired) electrons. The largest absolute Gasteiger partial charge is 0.103 e. The summed E-state index contributed by atoms with van der Waals surface area (Å²) in [7, 11) is 0. The molecule has 0 N–H and O–H groups in total. The molecule has 0 amide bonds. The van der Waals surface area contributed by atoms with Crippen molar-refractivity contribution in [2.75, 3.05) is 0 Å². The monoisotopic (exact) mass is 428 g/mol. The van der Waals surface area contributed by atoms with Gasteiger partial charge in [0.15, 0.2) is 0 Å². The van der Waals surface area contributed by atoms with Gasteiger partial charge in [-0.2, -0.15) is 0 Å². The Morgan fingerprint density at radius 3 is 2.11 bits per heavy atom. The van der Waals surface area contributed by atoms with E-state index in [1.807, 2.05) is 12.1 Å². The predicted octanol–water partition coefficient (Wildman–Crippen LogP) is 9.08. The van der Waals surface area contributed by atoms with Crippen LogP contribution in [0, 0.1) is 0 Å². The zero-order chi connectivity index (χ0) is 18.9. The highest BCUT2D eigenvalue weighted by Crippen LogP contribution is 2.50. The Labute approximate surface area is 176 Å². The van der Waals surface area contributed by atoms with Gasteiger partial charge in [0.25, 0.3) is 0 Å². The van der Waals surface area contributed by atoms with Gasteiger partial charge in [0.2, 0.25) is 0 Å². The Morgan fingerprint density at radius 1 is 0.704 bits per heavy atom. The van der Waals surface area contributed by atoms with Gasteiger partial charge in [0.05, 0.1) is 20.1 Å². The molecule has 0 aliphatic heterocycles. The van der Waals surface area contributed by atoms with Crippen molar-refractivity contribution in [3.63, 3.8) is 0 Å². The van der Waals surface area contributed by atoms with Crippen LogP contribution < -0.4 is 0 Å². The molecule has 0 aromatic heterocycles. The number of hydrogen-bond donors (Lipinski definition) is 0. The summed E-state index contributed by atoms with van der Waals surface area (Å²) in [5, 5.41) is 10.3. The molecule has 5 aromatic carbocycles. The Morgan fingerprint density at radius 2 is 1.41 bits per heavy atom. The van der Waals surface area contributed by atoms with Crippen molar-refractivity contribution >= 4 is 89.5 Å². The molecular weight excluding hydrogens is 418 g/mol. The van der Waals surface area contributed by atoms with Crippen molar-refractivity contribution in [3.05, 3.63) is 80.8 Å². The molecular formula is C23H12Cl4. The van der Waals surface area contributed by atoms with E-state index >= 15 is 0 Å². The van der Waals surface area contributed by atoms with E-state index in [0.29, 0.717) is 31.9 Å². The maximum absolute atomic E-state index is 6.72. The lowest BCUT2D eigenvalue weighted by Gasteiger charge is -2.20. The van der Waals surface area contributed by atoms with E-state index in [4.69, 9.17) is 46.4 Å². The van der Waals surface area contributed by atoms with E-state index in [0.717, 1.165) is 32.5 Å². The molecule has 4 heteroatoms. The van der Waals surface area contributed by atoms with E-state index in [2.05, 4.69) is 43.0 Å². The lowest BCUT2D eigenvalue weighted by atomic mass is 9.87. The Balaban J connectivity index is 2.28. The molecule has 27 heavy (non-hydrogen) atoms. The molecule has 0 aliphatic carbocycles. The molecule has 0 saturated heterocycles. The van der Waals surface area contributed by atoms with Gasteiger partial charge in [-0.05, 0) is 50.4 Å². The SMILES string of the molecule is C=CCc1c(Cl)c(Cl)c2c(Cl)c(Cl)cc3c4cccc5cccc(c1c23)c54. The van der Waals surface area contributed by atoms with Crippen LogP contribution in [0.3, 0.4) is 0 Å². The van der Waals surface area contributed by atoms with Crippen LogP contribution in [-0.4, -0.2) is 0 Å². The van der Waals surface area contributed by atoms with Crippen molar-refractivity contribution in [2.45, 2.75) is 6.42 Å². The van der Waals surface area contributed by atoms with Crippen molar-refractivity contribution in [3.8, 4) is 0 Å². The summed E-state index contributed by atoms with van der Waals surface area (Å²) in [5.74, 6) is 0. The molecule has 0 atom stereocenters. The minimum atomic E-state index is 0.431. The standard InChI is InChI=1S/C23H12Cl4/c1-2-5-14-18-13-9-4-7-11-6-3-8-12(17(11)13)15-10-16(24)22(26)20(19(15)18)23(27)21(14)25/h2-4,6-10H,1,5H2. The second-order valence-electron chi connectivity index (χ2n) is 6.65. The van der Waals surface area contributed by atoms with Crippen molar-refractivity contribution < 1.29 is 0 Å². The van der Waals surface area contributed by atoms with E-state index in [9.17, 15) is 0 Å². The van der Waals surface area contributed by atoms with Crippen molar-refractivity contribution in [2.24, 2.45) is 0 Å². The number of rotatable bonds is 2. The molecule has 0 nitrogen and oxygen atoms in total. The van der Waals surface area contributed by atoms with Crippen LogP contribution in [0.5, 0.6) is 0 Å². The highest BCUT2D eigenvalue weighted by molar-refractivity contribution is 6.54. The number of benzene rings is 5. The summed E-state index contributed by atoms with van der Waals surface area (Å²) < 4.78 is 0. The molecule has 5 aromatic rings. The number of halogens is 4. The second kappa shape index (κ2) is 6.15. The normalized spacial score (nSPS) is 12.0. The van der Waals surface area contributed by atoms with Gasteiger partial charge in [0, 0.05) is 10.8 Å². The van der Waals surface area contributed by atoms with Crippen LogP contribution >= 0.6 is 46.4 Å². The van der Waals surface area contributed by atoms with Crippen LogP contribution in [0.15, 0.2) is 55.1 Å². The van der Waals surface area contributed by atoms with Crippen LogP contribution in [0.25, 0.3) is 43.1 Å². The average Bonchev–Trinajstić information content (AvgIpc) is 2.67. The third kappa shape index (κ3) is 2.25. The summed E-state index contributed by atoms with van der Waals surface area (Å²) in [4.78, 5) is 0. The number of hydrogen-bond acceptors (Lipinski definition) is 0. The first-order valence-corrected chi connectivity index (χ1v) is 10.0. The van der Waals surface area contributed by atoms with Gasteiger partial charge in [0.1, 0.15) is 0 Å². The summed E-state index contributed by atoms with van der Waals surface area (Å²) >= 11 is 26.5. The maximum Gasteiger partial charge on any atom is 0.0689 e. The molecule has 0 spiro atoms. The summed E-state index contributed by atoms with van der Waals surface area (Å²) in [6, 6.07) is 14.5. The zero-order valence-electron chi connectivity index (χ0n) is 14.0. The highest BCUT2D eigenvalue weighted by atomic mass is 35.5. The fourth-order valence-electron chi connectivity index (χ4n) is 4.21.